The summed E-state index contributed by atoms with van der Waals surface area (Å²) in [4.78, 5) is 2.40. The van der Waals surface area contributed by atoms with E-state index in [9.17, 15) is 5.11 Å². The van der Waals surface area contributed by atoms with Gasteiger partial charge < -0.3 is 9.84 Å². The summed E-state index contributed by atoms with van der Waals surface area (Å²) in [5.41, 5.74) is 0. The molecule has 2 unspecified atom stereocenters. The summed E-state index contributed by atoms with van der Waals surface area (Å²) in [6, 6.07) is 9.95. The first-order valence-corrected chi connectivity index (χ1v) is 6.83. The summed E-state index contributed by atoms with van der Waals surface area (Å²) in [6.07, 6.45) is 2.52. The van der Waals surface area contributed by atoms with Gasteiger partial charge in [-0.15, -0.1) is 0 Å². The van der Waals surface area contributed by atoms with Crippen molar-refractivity contribution in [1.82, 2.24) is 4.90 Å². The molecule has 100 valence electrons. The van der Waals surface area contributed by atoms with Crippen molar-refractivity contribution in [3.63, 3.8) is 0 Å². The maximum atomic E-state index is 9.22. The van der Waals surface area contributed by atoms with Gasteiger partial charge in [0.1, 0.15) is 11.9 Å². The Balaban J connectivity index is 1.78. The van der Waals surface area contributed by atoms with Crippen LogP contribution < -0.4 is 4.74 Å². The Morgan fingerprint density at radius 3 is 2.89 bits per heavy atom. The van der Waals surface area contributed by atoms with Gasteiger partial charge in [0.2, 0.25) is 0 Å². The van der Waals surface area contributed by atoms with E-state index in [1.54, 1.807) is 0 Å². The number of nitrogens with zero attached hydrogens (tertiary/aromatic N) is 1. The first kappa shape index (κ1) is 13.4. The van der Waals surface area contributed by atoms with Gasteiger partial charge in [0.25, 0.3) is 0 Å². The number of likely N-dealkylation sites (tertiary alicyclic amines) is 1. The monoisotopic (exact) mass is 249 g/mol. The van der Waals surface area contributed by atoms with E-state index in [1.807, 2.05) is 30.3 Å². The Bertz CT molecular complexity index is 342. The fraction of sp³-hybridized carbons (Fsp3) is 0.600. The van der Waals surface area contributed by atoms with E-state index in [2.05, 4.69) is 11.8 Å². The lowest BCUT2D eigenvalue weighted by molar-refractivity contribution is 0.0843. The van der Waals surface area contributed by atoms with Crippen LogP contribution in [0.1, 0.15) is 19.8 Å². The molecule has 2 atom stereocenters. The molecule has 1 aliphatic heterocycles. The summed E-state index contributed by atoms with van der Waals surface area (Å²) in [6.45, 7) is 5.48. The minimum Gasteiger partial charge on any atom is -0.489 e. The summed E-state index contributed by atoms with van der Waals surface area (Å²) in [5, 5.41) is 9.22. The molecule has 18 heavy (non-hydrogen) atoms. The van der Waals surface area contributed by atoms with Crippen LogP contribution in [0, 0.1) is 5.92 Å². The van der Waals surface area contributed by atoms with E-state index in [1.165, 1.54) is 6.42 Å². The number of benzene rings is 1. The van der Waals surface area contributed by atoms with Gasteiger partial charge in [-0.1, -0.05) is 18.2 Å². The number of para-hydroxylation sites is 1. The number of hydrogen-bond acceptors (Lipinski definition) is 3. The van der Waals surface area contributed by atoms with Crippen LogP contribution in [0.3, 0.4) is 0 Å². The molecular formula is C15H23NO2. The maximum absolute atomic E-state index is 9.22. The highest BCUT2D eigenvalue weighted by molar-refractivity contribution is 5.21. The van der Waals surface area contributed by atoms with Crippen LogP contribution >= 0.6 is 0 Å². The van der Waals surface area contributed by atoms with E-state index < -0.39 is 0 Å². The van der Waals surface area contributed by atoms with Gasteiger partial charge in [-0.05, 0) is 44.4 Å². The van der Waals surface area contributed by atoms with Crippen molar-refractivity contribution >= 4 is 0 Å². The molecule has 1 heterocycles. The number of rotatable bonds is 5. The van der Waals surface area contributed by atoms with Crippen LogP contribution in [0.2, 0.25) is 0 Å². The minimum atomic E-state index is 0.185. The number of piperidine rings is 1. The molecule has 0 aliphatic carbocycles. The molecule has 0 aromatic heterocycles. The second-order valence-corrected chi connectivity index (χ2v) is 5.19. The lowest BCUT2D eigenvalue weighted by Gasteiger charge is -2.33. The Morgan fingerprint density at radius 1 is 1.39 bits per heavy atom. The van der Waals surface area contributed by atoms with E-state index in [0.29, 0.717) is 12.5 Å². The van der Waals surface area contributed by atoms with Gasteiger partial charge in [-0.2, -0.15) is 0 Å². The molecule has 0 spiro atoms. The Labute approximate surface area is 109 Å². The molecule has 0 bridgehead atoms. The van der Waals surface area contributed by atoms with E-state index in [-0.39, 0.29) is 6.10 Å². The molecule has 3 heteroatoms. The fourth-order valence-corrected chi connectivity index (χ4v) is 2.60. The van der Waals surface area contributed by atoms with Gasteiger partial charge >= 0.3 is 0 Å². The van der Waals surface area contributed by atoms with Crippen LogP contribution in [0.5, 0.6) is 5.75 Å². The SMILES string of the molecule is CC(CN1CCCC(CO)C1)Oc1ccccc1. The topological polar surface area (TPSA) is 32.7 Å². The molecule has 1 aliphatic rings. The molecule has 2 rings (SSSR count). The summed E-state index contributed by atoms with van der Waals surface area (Å²) >= 11 is 0. The molecular weight excluding hydrogens is 226 g/mol. The van der Waals surface area contributed by atoms with Crippen molar-refractivity contribution in [2.45, 2.75) is 25.9 Å². The Kier molecular flexibility index (Phi) is 5.02. The van der Waals surface area contributed by atoms with Crippen molar-refractivity contribution in [3.8, 4) is 5.75 Å². The normalized spacial score (nSPS) is 22.7. The molecule has 1 fully saturated rings. The smallest absolute Gasteiger partial charge is 0.119 e. The minimum absolute atomic E-state index is 0.185. The predicted molar refractivity (Wildman–Crippen MR) is 72.8 cm³/mol. The van der Waals surface area contributed by atoms with Crippen molar-refractivity contribution < 1.29 is 9.84 Å². The third-order valence-electron chi connectivity index (χ3n) is 3.46. The van der Waals surface area contributed by atoms with Crippen LogP contribution in [0.25, 0.3) is 0 Å². The molecule has 1 saturated heterocycles. The van der Waals surface area contributed by atoms with Crippen LogP contribution in [0.4, 0.5) is 0 Å². The standard InChI is InChI=1S/C15H23NO2/c1-13(18-15-7-3-2-4-8-15)10-16-9-5-6-14(11-16)12-17/h2-4,7-8,13-14,17H,5-6,9-12H2,1H3. The summed E-state index contributed by atoms with van der Waals surface area (Å²) < 4.78 is 5.88. The Hall–Kier alpha value is -1.06. The highest BCUT2D eigenvalue weighted by Gasteiger charge is 2.20. The molecule has 1 N–H and O–H groups in total. The molecule has 1 aromatic carbocycles. The maximum Gasteiger partial charge on any atom is 0.119 e. The van der Waals surface area contributed by atoms with Gasteiger partial charge in [0.15, 0.2) is 0 Å². The van der Waals surface area contributed by atoms with Crippen molar-refractivity contribution in [2.75, 3.05) is 26.2 Å². The molecule has 0 saturated carbocycles. The zero-order valence-electron chi connectivity index (χ0n) is 11.1. The first-order valence-electron chi connectivity index (χ1n) is 6.83. The quantitative estimate of drug-likeness (QED) is 0.868. The number of ether oxygens (including phenoxy) is 1. The lowest BCUT2D eigenvalue weighted by Crippen LogP contribution is -2.41. The average Bonchev–Trinajstić information content (AvgIpc) is 2.40. The van der Waals surface area contributed by atoms with Crippen molar-refractivity contribution in [2.24, 2.45) is 5.92 Å². The third-order valence-corrected chi connectivity index (χ3v) is 3.46. The fourth-order valence-electron chi connectivity index (χ4n) is 2.60. The van der Waals surface area contributed by atoms with E-state index in [4.69, 9.17) is 4.74 Å². The predicted octanol–water partition coefficient (Wildman–Crippen LogP) is 2.16. The lowest BCUT2D eigenvalue weighted by atomic mass is 9.99. The van der Waals surface area contributed by atoms with E-state index in [0.717, 1.165) is 31.8 Å². The van der Waals surface area contributed by atoms with Crippen LogP contribution in [0.15, 0.2) is 30.3 Å². The molecule has 0 amide bonds. The highest BCUT2D eigenvalue weighted by atomic mass is 16.5. The van der Waals surface area contributed by atoms with Crippen molar-refractivity contribution in [3.05, 3.63) is 30.3 Å². The number of aliphatic hydroxyl groups is 1. The number of aliphatic hydroxyl groups excluding tert-OH is 1. The molecule has 1 aromatic rings. The summed E-state index contributed by atoms with van der Waals surface area (Å²) in [5.74, 6) is 1.38. The van der Waals surface area contributed by atoms with Gasteiger partial charge in [0.05, 0.1) is 0 Å². The van der Waals surface area contributed by atoms with Gasteiger partial charge in [-0.3, -0.25) is 4.90 Å². The molecule has 3 nitrogen and oxygen atoms in total. The van der Waals surface area contributed by atoms with Crippen LogP contribution in [-0.4, -0.2) is 42.4 Å². The van der Waals surface area contributed by atoms with Gasteiger partial charge in [-0.25, -0.2) is 0 Å². The average molecular weight is 249 g/mol. The van der Waals surface area contributed by atoms with Crippen molar-refractivity contribution in [1.29, 1.82) is 0 Å². The number of hydrogen-bond donors (Lipinski definition) is 1. The Morgan fingerprint density at radius 2 is 2.17 bits per heavy atom. The second kappa shape index (κ2) is 6.76. The third kappa shape index (κ3) is 4.00. The molecule has 0 radical (unpaired) electrons. The largest absolute Gasteiger partial charge is 0.489 e. The first-order chi connectivity index (χ1) is 8.78. The van der Waals surface area contributed by atoms with Crippen LogP contribution in [-0.2, 0) is 0 Å². The second-order valence-electron chi connectivity index (χ2n) is 5.19. The van der Waals surface area contributed by atoms with Gasteiger partial charge in [0, 0.05) is 19.7 Å². The summed E-state index contributed by atoms with van der Waals surface area (Å²) in [7, 11) is 0. The zero-order chi connectivity index (χ0) is 12.8. The highest BCUT2D eigenvalue weighted by Crippen LogP contribution is 2.17. The van der Waals surface area contributed by atoms with E-state index >= 15 is 0 Å². The zero-order valence-corrected chi connectivity index (χ0v) is 11.1.